The zero-order valence-corrected chi connectivity index (χ0v) is 17.8. The SMILES string of the molecule is CCOc1ccc2c(c1)sc(=NC(=O)c1cc3cccc(OC)c3o1)n2CCOC. The first-order chi connectivity index (χ1) is 14.6. The van der Waals surface area contributed by atoms with Gasteiger partial charge in [-0.2, -0.15) is 4.99 Å². The second-order valence-electron chi connectivity index (χ2n) is 6.50. The van der Waals surface area contributed by atoms with Crippen molar-refractivity contribution in [3.05, 3.63) is 53.0 Å². The fourth-order valence-corrected chi connectivity index (χ4v) is 4.32. The van der Waals surface area contributed by atoms with Crippen molar-refractivity contribution in [1.82, 2.24) is 4.57 Å². The molecule has 7 nitrogen and oxygen atoms in total. The minimum Gasteiger partial charge on any atom is -0.494 e. The van der Waals surface area contributed by atoms with Gasteiger partial charge in [0.1, 0.15) is 5.75 Å². The van der Waals surface area contributed by atoms with Crippen LogP contribution in [0.4, 0.5) is 0 Å². The van der Waals surface area contributed by atoms with Crippen molar-refractivity contribution in [2.24, 2.45) is 4.99 Å². The molecule has 2 aromatic carbocycles. The van der Waals surface area contributed by atoms with Gasteiger partial charge in [-0.3, -0.25) is 4.79 Å². The number of benzene rings is 2. The highest BCUT2D eigenvalue weighted by atomic mass is 32.1. The Labute approximate surface area is 177 Å². The molecule has 0 bridgehead atoms. The second-order valence-corrected chi connectivity index (χ2v) is 7.51. The molecular weight excluding hydrogens is 404 g/mol. The number of thiazole rings is 1. The molecule has 0 aliphatic carbocycles. The molecule has 0 unspecified atom stereocenters. The van der Waals surface area contributed by atoms with Crippen LogP contribution in [0.2, 0.25) is 0 Å². The summed E-state index contributed by atoms with van der Waals surface area (Å²) in [5, 5.41) is 0.790. The number of rotatable bonds is 7. The third kappa shape index (κ3) is 3.83. The number of carbonyl (C=O) groups excluding carboxylic acids is 1. The van der Waals surface area contributed by atoms with Crippen LogP contribution in [0.1, 0.15) is 17.5 Å². The van der Waals surface area contributed by atoms with E-state index in [1.807, 2.05) is 41.8 Å². The average Bonchev–Trinajstić information content (AvgIpc) is 3.33. The predicted molar refractivity (Wildman–Crippen MR) is 116 cm³/mol. The van der Waals surface area contributed by atoms with Crippen LogP contribution < -0.4 is 14.3 Å². The molecular formula is C22H22N2O5S. The van der Waals surface area contributed by atoms with Gasteiger partial charge in [0.05, 0.1) is 30.5 Å². The number of fused-ring (bicyclic) bond motifs is 2. The number of aromatic nitrogens is 1. The van der Waals surface area contributed by atoms with Gasteiger partial charge in [0, 0.05) is 19.0 Å². The van der Waals surface area contributed by atoms with Gasteiger partial charge < -0.3 is 23.2 Å². The van der Waals surface area contributed by atoms with Crippen LogP contribution in [-0.2, 0) is 11.3 Å². The fourth-order valence-electron chi connectivity index (χ4n) is 3.24. The quantitative estimate of drug-likeness (QED) is 0.442. The first kappa shape index (κ1) is 20.2. The van der Waals surface area contributed by atoms with Crippen molar-refractivity contribution in [2.75, 3.05) is 27.4 Å². The summed E-state index contributed by atoms with van der Waals surface area (Å²) in [6.07, 6.45) is 0. The molecule has 0 saturated heterocycles. The molecule has 8 heteroatoms. The lowest BCUT2D eigenvalue weighted by atomic mass is 10.2. The Kier molecular flexibility index (Phi) is 5.87. The second kappa shape index (κ2) is 8.73. The van der Waals surface area contributed by atoms with E-state index in [0.717, 1.165) is 21.4 Å². The van der Waals surface area contributed by atoms with E-state index in [2.05, 4.69) is 4.99 Å². The largest absolute Gasteiger partial charge is 0.494 e. The molecule has 1 amide bonds. The summed E-state index contributed by atoms with van der Waals surface area (Å²) in [7, 11) is 3.21. The predicted octanol–water partition coefficient (Wildman–Crippen LogP) is 4.24. The number of ether oxygens (including phenoxy) is 3. The monoisotopic (exact) mass is 426 g/mol. The molecule has 0 aliphatic rings. The first-order valence-electron chi connectivity index (χ1n) is 9.55. The summed E-state index contributed by atoms with van der Waals surface area (Å²) >= 11 is 1.43. The molecule has 2 aromatic heterocycles. The van der Waals surface area contributed by atoms with Crippen LogP contribution in [-0.4, -0.2) is 37.9 Å². The Morgan fingerprint density at radius 3 is 2.83 bits per heavy atom. The van der Waals surface area contributed by atoms with Gasteiger partial charge in [-0.1, -0.05) is 23.5 Å². The zero-order chi connectivity index (χ0) is 21.1. The van der Waals surface area contributed by atoms with Gasteiger partial charge in [0.15, 0.2) is 21.9 Å². The normalized spacial score (nSPS) is 12.0. The number of furan rings is 1. The molecule has 0 spiro atoms. The summed E-state index contributed by atoms with van der Waals surface area (Å²) in [6.45, 7) is 3.61. The van der Waals surface area contributed by atoms with E-state index in [1.165, 1.54) is 11.3 Å². The first-order valence-corrected chi connectivity index (χ1v) is 10.4. The topological polar surface area (TPSA) is 75.2 Å². The Bertz CT molecular complexity index is 1270. The van der Waals surface area contributed by atoms with E-state index in [-0.39, 0.29) is 5.76 Å². The van der Waals surface area contributed by atoms with E-state index in [9.17, 15) is 4.79 Å². The smallest absolute Gasteiger partial charge is 0.315 e. The molecule has 4 rings (SSSR count). The minimum absolute atomic E-state index is 0.167. The van der Waals surface area contributed by atoms with E-state index >= 15 is 0 Å². The number of amides is 1. The van der Waals surface area contributed by atoms with Crippen molar-refractivity contribution in [3.8, 4) is 11.5 Å². The van der Waals surface area contributed by atoms with Gasteiger partial charge in [-0.05, 0) is 37.3 Å². The van der Waals surface area contributed by atoms with Crippen LogP contribution in [0.5, 0.6) is 11.5 Å². The summed E-state index contributed by atoms with van der Waals surface area (Å²) < 4.78 is 24.9. The maximum absolute atomic E-state index is 12.9. The average molecular weight is 426 g/mol. The van der Waals surface area contributed by atoms with Crippen molar-refractivity contribution < 1.29 is 23.4 Å². The summed E-state index contributed by atoms with van der Waals surface area (Å²) in [4.78, 5) is 17.8. The van der Waals surface area contributed by atoms with Gasteiger partial charge in [-0.25, -0.2) is 0 Å². The Hall–Kier alpha value is -3.10. The van der Waals surface area contributed by atoms with Crippen LogP contribution in [0.3, 0.4) is 0 Å². The molecule has 0 radical (unpaired) electrons. The number of methoxy groups -OCH3 is 2. The molecule has 2 heterocycles. The maximum atomic E-state index is 12.9. The number of hydrogen-bond acceptors (Lipinski definition) is 6. The summed E-state index contributed by atoms with van der Waals surface area (Å²) in [5.74, 6) is 1.08. The van der Waals surface area contributed by atoms with Crippen LogP contribution in [0.15, 0.2) is 51.9 Å². The molecule has 30 heavy (non-hydrogen) atoms. The molecule has 0 atom stereocenters. The number of para-hydroxylation sites is 1. The molecule has 0 aliphatic heterocycles. The van der Waals surface area contributed by atoms with Crippen LogP contribution in [0.25, 0.3) is 21.2 Å². The van der Waals surface area contributed by atoms with Gasteiger partial charge in [0.2, 0.25) is 0 Å². The third-order valence-electron chi connectivity index (χ3n) is 4.62. The van der Waals surface area contributed by atoms with Crippen molar-refractivity contribution in [1.29, 1.82) is 0 Å². The Balaban J connectivity index is 1.79. The maximum Gasteiger partial charge on any atom is 0.315 e. The Morgan fingerprint density at radius 1 is 1.20 bits per heavy atom. The highest BCUT2D eigenvalue weighted by Crippen LogP contribution is 2.29. The lowest BCUT2D eigenvalue weighted by Gasteiger charge is -2.05. The number of carbonyl (C=O) groups is 1. The molecule has 0 fully saturated rings. The molecule has 4 aromatic rings. The molecule has 156 valence electrons. The van der Waals surface area contributed by atoms with Gasteiger partial charge in [-0.15, -0.1) is 0 Å². The number of nitrogens with zero attached hydrogens (tertiary/aromatic N) is 2. The summed E-state index contributed by atoms with van der Waals surface area (Å²) in [5.41, 5.74) is 1.50. The lowest BCUT2D eigenvalue weighted by Crippen LogP contribution is -2.19. The standard InChI is InChI=1S/C22H22N2O5S/c1-4-28-15-8-9-16-19(13-15)30-22(24(16)10-11-26-2)23-21(25)18-12-14-6-5-7-17(27-3)20(14)29-18/h5-9,12-13H,4,10-11H2,1-3H3. The van der Waals surface area contributed by atoms with Crippen molar-refractivity contribution >= 4 is 38.4 Å². The van der Waals surface area contributed by atoms with Crippen molar-refractivity contribution in [3.63, 3.8) is 0 Å². The Morgan fingerprint density at radius 2 is 2.07 bits per heavy atom. The van der Waals surface area contributed by atoms with Gasteiger partial charge in [0.25, 0.3) is 0 Å². The minimum atomic E-state index is -0.448. The molecule has 0 saturated carbocycles. The van der Waals surface area contributed by atoms with Crippen LogP contribution in [0, 0.1) is 0 Å². The lowest BCUT2D eigenvalue weighted by molar-refractivity contribution is 0.0973. The van der Waals surface area contributed by atoms with E-state index < -0.39 is 5.91 Å². The number of hydrogen-bond donors (Lipinski definition) is 0. The van der Waals surface area contributed by atoms with Crippen molar-refractivity contribution in [2.45, 2.75) is 13.5 Å². The molecule has 0 N–H and O–H groups in total. The zero-order valence-electron chi connectivity index (χ0n) is 17.0. The van der Waals surface area contributed by atoms with Gasteiger partial charge >= 0.3 is 5.91 Å². The fraction of sp³-hybridized carbons (Fsp3) is 0.273. The highest BCUT2D eigenvalue weighted by Gasteiger charge is 2.16. The van der Waals surface area contributed by atoms with E-state index in [1.54, 1.807) is 26.4 Å². The van der Waals surface area contributed by atoms with E-state index in [4.69, 9.17) is 18.6 Å². The van der Waals surface area contributed by atoms with Crippen LogP contribution >= 0.6 is 11.3 Å². The highest BCUT2D eigenvalue weighted by molar-refractivity contribution is 7.16. The third-order valence-corrected chi connectivity index (χ3v) is 5.66. The van der Waals surface area contributed by atoms with E-state index in [0.29, 0.717) is 35.9 Å². The summed E-state index contributed by atoms with van der Waals surface area (Å²) in [6, 6.07) is 13.0.